The monoisotopic (exact) mass is 512 g/mol. The van der Waals surface area contributed by atoms with Gasteiger partial charge in [-0.25, -0.2) is 4.98 Å². The number of halogens is 5. The van der Waals surface area contributed by atoms with Gasteiger partial charge in [-0.15, -0.1) is 0 Å². The molecule has 0 saturated heterocycles. The number of alkyl halides is 5. The molecule has 0 amide bonds. The Kier molecular flexibility index (Phi) is 6.20. The van der Waals surface area contributed by atoms with Gasteiger partial charge in [0.2, 0.25) is 0 Å². The molecule has 37 heavy (non-hydrogen) atoms. The number of aromatic nitrogens is 3. The smallest absolute Gasteiger partial charge is 0.422 e. The number of anilines is 1. The second kappa shape index (κ2) is 9.49. The van der Waals surface area contributed by atoms with Crippen LogP contribution in [0.1, 0.15) is 5.56 Å². The molecule has 11 heteroatoms. The van der Waals surface area contributed by atoms with E-state index in [1.807, 2.05) is 30.3 Å². The standard InChI is InChI=1S/C26H17F5N4O2/c1-15-22(16-4-7-20(8-5-16)37-24(27)28)23-18(12-33-25(34-23)36-14-26(29,30)31)13-35(15)19-6-9-21-17(11-19)3-2-10-32-21/h2-13,24H,1,14H2. The molecular formula is C26H17F5N4O2. The fourth-order valence-corrected chi connectivity index (χ4v) is 3.91. The highest BCUT2D eigenvalue weighted by atomic mass is 19.4. The lowest BCUT2D eigenvalue weighted by Gasteiger charge is -2.28. The number of rotatable bonds is 6. The summed E-state index contributed by atoms with van der Waals surface area (Å²) in [4.78, 5) is 14.3. The lowest BCUT2D eigenvalue weighted by molar-refractivity contribution is -0.154. The molecule has 2 aromatic heterocycles. The van der Waals surface area contributed by atoms with Gasteiger partial charge in [0.25, 0.3) is 0 Å². The van der Waals surface area contributed by atoms with Gasteiger partial charge in [0.1, 0.15) is 5.75 Å². The minimum atomic E-state index is -4.57. The van der Waals surface area contributed by atoms with Crippen LogP contribution in [0.2, 0.25) is 0 Å². The van der Waals surface area contributed by atoms with Crippen LogP contribution in [0.15, 0.2) is 79.3 Å². The number of nitrogens with zero attached hydrogens (tertiary/aromatic N) is 4. The van der Waals surface area contributed by atoms with Crippen LogP contribution in [0.5, 0.6) is 11.8 Å². The Balaban J connectivity index is 1.64. The average molecular weight is 512 g/mol. The minimum Gasteiger partial charge on any atom is -0.454 e. The van der Waals surface area contributed by atoms with Gasteiger partial charge in [0, 0.05) is 46.2 Å². The molecule has 188 valence electrons. The van der Waals surface area contributed by atoms with E-state index < -0.39 is 25.4 Å². The molecule has 0 saturated carbocycles. The maximum absolute atomic E-state index is 12.7. The van der Waals surface area contributed by atoms with Crippen molar-refractivity contribution in [2.24, 2.45) is 0 Å². The van der Waals surface area contributed by atoms with E-state index in [1.54, 1.807) is 17.3 Å². The topological polar surface area (TPSA) is 60.4 Å². The molecule has 0 unspecified atom stereocenters. The van der Waals surface area contributed by atoms with Crippen molar-refractivity contribution in [2.45, 2.75) is 12.8 Å². The molecule has 4 aromatic rings. The molecule has 0 fully saturated rings. The van der Waals surface area contributed by atoms with Gasteiger partial charge in [0.15, 0.2) is 6.61 Å². The fourth-order valence-electron chi connectivity index (χ4n) is 3.91. The zero-order valence-corrected chi connectivity index (χ0v) is 18.9. The summed E-state index contributed by atoms with van der Waals surface area (Å²) in [6.45, 7) is -0.337. The van der Waals surface area contributed by atoms with Crippen LogP contribution in [0, 0.1) is 0 Å². The van der Waals surface area contributed by atoms with Crippen molar-refractivity contribution in [1.82, 2.24) is 15.0 Å². The Morgan fingerprint density at radius 2 is 1.78 bits per heavy atom. The number of allylic oxidation sites excluding steroid dienone is 1. The summed E-state index contributed by atoms with van der Waals surface area (Å²) in [5, 5.41) is 1.65. The second-order valence-electron chi connectivity index (χ2n) is 7.96. The maximum Gasteiger partial charge on any atom is 0.422 e. The van der Waals surface area contributed by atoms with Gasteiger partial charge < -0.3 is 14.4 Å². The van der Waals surface area contributed by atoms with Crippen LogP contribution in [-0.4, -0.2) is 34.3 Å². The summed E-state index contributed by atoms with van der Waals surface area (Å²) >= 11 is 0. The summed E-state index contributed by atoms with van der Waals surface area (Å²) in [5.41, 5.74) is 2.95. The van der Waals surface area contributed by atoms with Crippen molar-refractivity contribution < 1.29 is 31.4 Å². The molecule has 0 spiro atoms. The van der Waals surface area contributed by atoms with E-state index in [2.05, 4.69) is 26.3 Å². The van der Waals surface area contributed by atoms with E-state index in [-0.39, 0.29) is 11.1 Å². The molecule has 0 aliphatic carbocycles. The van der Waals surface area contributed by atoms with Gasteiger partial charge in [-0.05, 0) is 42.0 Å². The molecule has 0 bridgehead atoms. The predicted molar refractivity (Wildman–Crippen MR) is 126 cm³/mol. The van der Waals surface area contributed by atoms with Crippen LogP contribution in [0.25, 0.3) is 22.7 Å². The van der Waals surface area contributed by atoms with Gasteiger partial charge in [-0.2, -0.15) is 26.9 Å². The van der Waals surface area contributed by atoms with E-state index in [4.69, 9.17) is 4.74 Å². The number of hydrogen-bond donors (Lipinski definition) is 0. The zero-order valence-electron chi connectivity index (χ0n) is 18.9. The molecule has 6 nitrogen and oxygen atoms in total. The highest BCUT2D eigenvalue weighted by Gasteiger charge is 2.29. The molecule has 2 aromatic carbocycles. The number of benzene rings is 2. The highest BCUT2D eigenvalue weighted by Crippen LogP contribution is 2.31. The van der Waals surface area contributed by atoms with Crippen LogP contribution >= 0.6 is 0 Å². The van der Waals surface area contributed by atoms with Crippen molar-refractivity contribution in [1.29, 1.82) is 0 Å². The number of hydrogen-bond acceptors (Lipinski definition) is 6. The predicted octanol–water partition coefficient (Wildman–Crippen LogP) is 4.54. The molecule has 5 rings (SSSR count). The largest absolute Gasteiger partial charge is 0.454 e. The normalized spacial score (nSPS) is 13.5. The number of pyridine rings is 1. The highest BCUT2D eigenvalue weighted by molar-refractivity contribution is 5.90. The van der Waals surface area contributed by atoms with Crippen LogP contribution in [-0.2, 0) is 0 Å². The lowest BCUT2D eigenvalue weighted by atomic mass is 9.98. The first kappa shape index (κ1) is 24.2. The van der Waals surface area contributed by atoms with E-state index in [0.717, 1.165) is 16.6 Å². The van der Waals surface area contributed by atoms with Gasteiger partial charge in [-0.1, -0.05) is 24.8 Å². The Morgan fingerprint density at radius 1 is 1.00 bits per heavy atom. The lowest BCUT2D eigenvalue weighted by Crippen LogP contribution is -2.40. The summed E-state index contributed by atoms with van der Waals surface area (Å²) in [7, 11) is 0. The molecular weight excluding hydrogens is 495 g/mol. The Labute approximate surface area is 206 Å². The summed E-state index contributed by atoms with van der Waals surface area (Å²) in [5.74, 6) is -0.0525. The molecule has 1 aliphatic heterocycles. The molecule has 0 radical (unpaired) electrons. The van der Waals surface area contributed by atoms with Crippen LogP contribution in [0.4, 0.5) is 27.6 Å². The maximum atomic E-state index is 12.7. The van der Waals surface area contributed by atoms with Crippen molar-refractivity contribution in [3.63, 3.8) is 0 Å². The zero-order chi connectivity index (χ0) is 26.2. The molecule has 1 aliphatic rings. The SMILES string of the molecule is C=C1C(c2ccc(OC(F)F)cc2)=c2nc(OCC(F)(F)F)ncc2=CN1c1ccc2ncccc2c1. The third-order valence-electron chi connectivity index (χ3n) is 5.48. The quantitative estimate of drug-likeness (QED) is 0.354. The first-order valence-corrected chi connectivity index (χ1v) is 10.9. The summed E-state index contributed by atoms with van der Waals surface area (Å²) in [6, 6.07) is 14.7. The van der Waals surface area contributed by atoms with Gasteiger partial charge >= 0.3 is 18.8 Å². The number of ether oxygens (including phenoxy) is 2. The summed E-state index contributed by atoms with van der Waals surface area (Å²) < 4.78 is 72.5. The summed E-state index contributed by atoms with van der Waals surface area (Å²) in [6.07, 6.45) is 0.182. The van der Waals surface area contributed by atoms with E-state index in [0.29, 0.717) is 22.1 Å². The molecule has 0 N–H and O–H groups in total. The molecule has 3 heterocycles. The minimum absolute atomic E-state index is 0.0525. The van der Waals surface area contributed by atoms with Crippen molar-refractivity contribution in [2.75, 3.05) is 11.5 Å². The van der Waals surface area contributed by atoms with E-state index in [1.165, 1.54) is 30.5 Å². The van der Waals surface area contributed by atoms with Gasteiger partial charge in [-0.3, -0.25) is 4.98 Å². The van der Waals surface area contributed by atoms with Gasteiger partial charge in [0.05, 0.1) is 10.9 Å². The van der Waals surface area contributed by atoms with E-state index in [9.17, 15) is 22.0 Å². The Bertz CT molecular complexity index is 1600. The fraction of sp³-hybridized carbons (Fsp3) is 0.115. The first-order chi connectivity index (χ1) is 17.7. The molecule has 0 atom stereocenters. The third-order valence-corrected chi connectivity index (χ3v) is 5.48. The van der Waals surface area contributed by atoms with E-state index >= 15 is 0 Å². The van der Waals surface area contributed by atoms with Crippen molar-refractivity contribution in [3.05, 3.63) is 95.4 Å². The number of fused-ring (bicyclic) bond motifs is 2. The second-order valence-corrected chi connectivity index (χ2v) is 7.96. The first-order valence-electron chi connectivity index (χ1n) is 10.9. The Morgan fingerprint density at radius 3 is 2.51 bits per heavy atom. The third kappa shape index (κ3) is 5.20. The van der Waals surface area contributed by atoms with Crippen molar-refractivity contribution in [3.8, 4) is 11.8 Å². The average Bonchev–Trinajstić information content (AvgIpc) is 2.87. The van der Waals surface area contributed by atoms with Crippen molar-refractivity contribution >= 4 is 28.4 Å². The van der Waals surface area contributed by atoms with Crippen LogP contribution < -0.4 is 24.9 Å². The Hall–Kier alpha value is -4.54. The van der Waals surface area contributed by atoms with Crippen LogP contribution in [0.3, 0.4) is 0 Å².